The molecular weight excluding hydrogens is 112 g/mol. The number of rotatable bonds is 2. The standard InChI is InChI=1S/C8H9O/c1-3-4-8-6-5-7(2)9-8/h3,5-6H,1-2,4H2. The molecule has 1 aromatic heterocycles. The van der Waals surface area contributed by atoms with Crippen LogP contribution in [0.25, 0.3) is 0 Å². The van der Waals surface area contributed by atoms with Crippen molar-refractivity contribution in [3.05, 3.63) is 43.2 Å². The van der Waals surface area contributed by atoms with Crippen LogP contribution in [0.3, 0.4) is 0 Å². The number of hydrogen-bond donors (Lipinski definition) is 0. The number of allylic oxidation sites excluding steroid dienone is 1. The first-order valence-corrected chi connectivity index (χ1v) is 2.84. The molecule has 1 nitrogen and oxygen atoms in total. The van der Waals surface area contributed by atoms with Gasteiger partial charge in [0.05, 0.1) is 0 Å². The molecule has 0 amide bonds. The van der Waals surface area contributed by atoms with E-state index in [-0.39, 0.29) is 0 Å². The molecule has 0 aliphatic rings. The Kier molecular flexibility index (Phi) is 1.73. The quantitative estimate of drug-likeness (QED) is 0.546. The molecule has 0 fully saturated rings. The predicted octanol–water partition coefficient (Wildman–Crippen LogP) is 2.19. The van der Waals surface area contributed by atoms with Crippen molar-refractivity contribution >= 4 is 0 Å². The fraction of sp³-hybridized carbons (Fsp3) is 0.125. The third-order valence-electron chi connectivity index (χ3n) is 1.06. The molecule has 1 radical (unpaired) electrons. The van der Waals surface area contributed by atoms with Gasteiger partial charge in [0.25, 0.3) is 0 Å². The van der Waals surface area contributed by atoms with E-state index in [1.54, 1.807) is 6.08 Å². The SMILES string of the molecule is [CH2]c1ccc(CC=C)o1. The normalized spacial score (nSPS) is 9.44. The average molecular weight is 121 g/mol. The van der Waals surface area contributed by atoms with Crippen LogP contribution in [0.15, 0.2) is 29.2 Å². The summed E-state index contributed by atoms with van der Waals surface area (Å²) in [5.41, 5.74) is 0. The van der Waals surface area contributed by atoms with Gasteiger partial charge in [-0.05, 0) is 12.1 Å². The molecule has 1 aromatic rings. The summed E-state index contributed by atoms with van der Waals surface area (Å²) in [6.07, 6.45) is 2.59. The summed E-state index contributed by atoms with van der Waals surface area (Å²) in [6.45, 7) is 7.21. The topological polar surface area (TPSA) is 13.1 Å². The average Bonchev–Trinajstić information content (AvgIpc) is 2.17. The highest BCUT2D eigenvalue weighted by Gasteiger charge is 1.92. The van der Waals surface area contributed by atoms with Crippen molar-refractivity contribution in [1.82, 2.24) is 0 Å². The van der Waals surface area contributed by atoms with Gasteiger partial charge in [-0.2, -0.15) is 0 Å². The Morgan fingerprint density at radius 1 is 1.56 bits per heavy atom. The molecule has 0 saturated heterocycles. The molecule has 1 heteroatoms. The Labute approximate surface area is 55.0 Å². The molecule has 0 saturated carbocycles. The molecule has 0 spiro atoms. The molecule has 0 aliphatic heterocycles. The Morgan fingerprint density at radius 3 is 2.78 bits per heavy atom. The zero-order valence-corrected chi connectivity index (χ0v) is 5.26. The fourth-order valence-electron chi connectivity index (χ4n) is 0.674. The maximum Gasteiger partial charge on any atom is 0.107 e. The highest BCUT2D eigenvalue weighted by atomic mass is 16.3. The monoisotopic (exact) mass is 121 g/mol. The van der Waals surface area contributed by atoms with E-state index in [1.807, 2.05) is 12.1 Å². The van der Waals surface area contributed by atoms with E-state index in [2.05, 4.69) is 13.5 Å². The van der Waals surface area contributed by atoms with Crippen LogP contribution in [-0.2, 0) is 6.42 Å². The summed E-state index contributed by atoms with van der Waals surface area (Å²) in [4.78, 5) is 0. The van der Waals surface area contributed by atoms with E-state index in [9.17, 15) is 0 Å². The smallest absolute Gasteiger partial charge is 0.107 e. The van der Waals surface area contributed by atoms with Gasteiger partial charge in [0.1, 0.15) is 11.5 Å². The van der Waals surface area contributed by atoms with Gasteiger partial charge in [-0.3, -0.25) is 0 Å². The largest absolute Gasteiger partial charge is 0.466 e. The van der Waals surface area contributed by atoms with Crippen molar-refractivity contribution in [2.75, 3.05) is 0 Å². The van der Waals surface area contributed by atoms with Crippen LogP contribution < -0.4 is 0 Å². The Balaban J connectivity index is 2.72. The molecule has 9 heavy (non-hydrogen) atoms. The summed E-state index contributed by atoms with van der Waals surface area (Å²) in [6, 6.07) is 3.75. The van der Waals surface area contributed by atoms with E-state index in [4.69, 9.17) is 4.42 Å². The summed E-state index contributed by atoms with van der Waals surface area (Å²) in [5.74, 6) is 1.64. The van der Waals surface area contributed by atoms with Crippen molar-refractivity contribution in [3.63, 3.8) is 0 Å². The van der Waals surface area contributed by atoms with Gasteiger partial charge >= 0.3 is 0 Å². The third kappa shape index (κ3) is 1.46. The van der Waals surface area contributed by atoms with Crippen LogP contribution in [0.5, 0.6) is 0 Å². The minimum absolute atomic E-state index is 0.715. The second-order valence-corrected chi connectivity index (χ2v) is 1.86. The summed E-state index contributed by atoms with van der Waals surface area (Å²) in [5, 5.41) is 0. The Hall–Kier alpha value is -0.980. The van der Waals surface area contributed by atoms with Crippen molar-refractivity contribution in [1.29, 1.82) is 0 Å². The van der Waals surface area contributed by atoms with Crippen LogP contribution in [0.4, 0.5) is 0 Å². The van der Waals surface area contributed by atoms with Crippen molar-refractivity contribution < 1.29 is 4.42 Å². The Morgan fingerprint density at radius 2 is 2.33 bits per heavy atom. The van der Waals surface area contributed by atoms with Crippen molar-refractivity contribution in [3.8, 4) is 0 Å². The first kappa shape index (κ1) is 6.14. The maximum absolute atomic E-state index is 5.14. The van der Waals surface area contributed by atoms with Gasteiger partial charge in [0, 0.05) is 13.3 Å². The molecule has 47 valence electrons. The third-order valence-corrected chi connectivity index (χ3v) is 1.06. The molecule has 1 rings (SSSR count). The molecule has 0 aliphatic carbocycles. The number of furan rings is 1. The lowest BCUT2D eigenvalue weighted by Gasteiger charge is -1.84. The van der Waals surface area contributed by atoms with Crippen LogP contribution in [0.1, 0.15) is 11.5 Å². The summed E-state index contributed by atoms with van der Waals surface area (Å²) < 4.78 is 5.14. The first-order valence-electron chi connectivity index (χ1n) is 2.84. The molecule has 0 aromatic carbocycles. The van der Waals surface area contributed by atoms with Crippen LogP contribution in [0, 0.1) is 6.92 Å². The fourth-order valence-corrected chi connectivity index (χ4v) is 0.674. The predicted molar refractivity (Wildman–Crippen MR) is 37.1 cm³/mol. The van der Waals surface area contributed by atoms with Crippen LogP contribution in [0.2, 0.25) is 0 Å². The van der Waals surface area contributed by atoms with Gasteiger partial charge in [-0.25, -0.2) is 0 Å². The first-order chi connectivity index (χ1) is 4.33. The van der Waals surface area contributed by atoms with Gasteiger partial charge in [-0.1, -0.05) is 6.08 Å². The minimum Gasteiger partial charge on any atom is -0.466 e. The van der Waals surface area contributed by atoms with E-state index in [0.29, 0.717) is 5.76 Å². The van der Waals surface area contributed by atoms with Crippen LogP contribution >= 0.6 is 0 Å². The lowest BCUT2D eigenvalue weighted by Crippen LogP contribution is -1.70. The van der Waals surface area contributed by atoms with E-state index >= 15 is 0 Å². The van der Waals surface area contributed by atoms with Gasteiger partial charge in [0.2, 0.25) is 0 Å². The lowest BCUT2D eigenvalue weighted by molar-refractivity contribution is 0.507. The lowest BCUT2D eigenvalue weighted by atomic mass is 10.3. The molecule has 1 heterocycles. The second-order valence-electron chi connectivity index (χ2n) is 1.86. The zero-order chi connectivity index (χ0) is 6.69. The maximum atomic E-state index is 5.14. The molecule has 0 unspecified atom stereocenters. The van der Waals surface area contributed by atoms with Crippen LogP contribution in [-0.4, -0.2) is 0 Å². The molecule has 0 atom stereocenters. The van der Waals surface area contributed by atoms with Gasteiger partial charge in [0.15, 0.2) is 0 Å². The zero-order valence-electron chi connectivity index (χ0n) is 5.26. The molecule has 0 N–H and O–H groups in total. The summed E-state index contributed by atoms with van der Waals surface area (Å²) in [7, 11) is 0. The Bertz CT molecular complexity index is 198. The van der Waals surface area contributed by atoms with Crippen molar-refractivity contribution in [2.45, 2.75) is 6.42 Å². The highest BCUT2D eigenvalue weighted by molar-refractivity contribution is 5.10. The molecule has 0 bridgehead atoms. The van der Waals surface area contributed by atoms with Gasteiger partial charge in [-0.15, -0.1) is 6.58 Å². The van der Waals surface area contributed by atoms with Crippen molar-refractivity contribution in [2.24, 2.45) is 0 Å². The number of hydrogen-bond acceptors (Lipinski definition) is 1. The van der Waals surface area contributed by atoms with E-state index in [1.165, 1.54) is 0 Å². The highest BCUT2D eigenvalue weighted by Crippen LogP contribution is 2.06. The summed E-state index contributed by atoms with van der Waals surface area (Å²) >= 11 is 0. The van der Waals surface area contributed by atoms with Gasteiger partial charge < -0.3 is 4.42 Å². The van der Waals surface area contributed by atoms with E-state index < -0.39 is 0 Å². The minimum atomic E-state index is 0.715. The van der Waals surface area contributed by atoms with E-state index in [0.717, 1.165) is 12.2 Å². The second kappa shape index (κ2) is 2.53. The molecular formula is C8H9O.